The molecule has 0 saturated heterocycles. The SMILES string of the molecule is Cc1ncsc1CCOc1nc(C(N)=O)ccc1N. The van der Waals surface area contributed by atoms with E-state index in [1.165, 1.54) is 6.07 Å². The number of thiazole rings is 1. The highest BCUT2D eigenvalue weighted by atomic mass is 32.1. The third kappa shape index (κ3) is 3.19. The van der Waals surface area contributed by atoms with Crippen LogP contribution in [0.15, 0.2) is 17.6 Å². The molecular weight excluding hydrogens is 264 g/mol. The fourth-order valence-corrected chi connectivity index (χ4v) is 2.27. The maximum Gasteiger partial charge on any atom is 0.267 e. The number of anilines is 1. The van der Waals surface area contributed by atoms with Gasteiger partial charge in [0.25, 0.3) is 5.91 Å². The minimum Gasteiger partial charge on any atom is -0.476 e. The third-order valence-corrected chi connectivity index (χ3v) is 3.55. The number of pyridine rings is 1. The van der Waals surface area contributed by atoms with Crippen molar-refractivity contribution in [3.05, 3.63) is 33.9 Å². The van der Waals surface area contributed by atoms with Crippen LogP contribution in [0.5, 0.6) is 5.88 Å². The number of aromatic nitrogens is 2. The number of carbonyl (C=O) groups is 1. The number of aryl methyl sites for hydroxylation is 1. The van der Waals surface area contributed by atoms with Gasteiger partial charge in [-0.1, -0.05) is 0 Å². The molecule has 0 aliphatic rings. The molecule has 2 heterocycles. The van der Waals surface area contributed by atoms with Crippen molar-refractivity contribution >= 4 is 22.9 Å². The summed E-state index contributed by atoms with van der Waals surface area (Å²) in [5.74, 6) is -0.374. The fourth-order valence-electron chi connectivity index (χ4n) is 1.51. The second kappa shape index (κ2) is 5.66. The zero-order chi connectivity index (χ0) is 13.8. The minimum atomic E-state index is -0.608. The van der Waals surface area contributed by atoms with Gasteiger partial charge in [0.05, 0.1) is 23.5 Å². The zero-order valence-electron chi connectivity index (χ0n) is 10.4. The molecule has 1 amide bonds. The number of rotatable bonds is 5. The van der Waals surface area contributed by atoms with Crippen molar-refractivity contribution in [2.45, 2.75) is 13.3 Å². The number of hydrogen-bond donors (Lipinski definition) is 2. The Hall–Kier alpha value is -2.15. The van der Waals surface area contributed by atoms with Gasteiger partial charge in [-0.05, 0) is 19.1 Å². The number of carbonyl (C=O) groups excluding carboxylic acids is 1. The first kappa shape index (κ1) is 13.3. The van der Waals surface area contributed by atoms with Crippen molar-refractivity contribution in [1.29, 1.82) is 0 Å². The normalized spacial score (nSPS) is 10.4. The van der Waals surface area contributed by atoms with E-state index in [9.17, 15) is 4.79 Å². The molecule has 2 aromatic rings. The Bertz CT molecular complexity index is 597. The molecule has 0 bridgehead atoms. The average molecular weight is 278 g/mol. The molecule has 6 nitrogen and oxygen atoms in total. The van der Waals surface area contributed by atoms with E-state index < -0.39 is 5.91 Å². The molecule has 4 N–H and O–H groups in total. The zero-order valence-corrected chi connectivity index (χ0v) is 11.2. The summed E-state index contributed by atoms with van der Waals surface area (Å²) in [7, 11) is 0. The second-order valence-corrected chi connectivity index (χ2v) is 4.85. The van der Waals surface area contributed by atoms with Crippen LogP contribution in [0.3, 0.4) is 0 Å². The van der Waals surface area contributed by atoms with Crippen LogP contribution in [0.1, 0.15) is 21.1 Å². The highest BCUT2D eigenvalue weighted by molar-refractivity contribution is 7.09. The quantitative estimate of drug-likeness (QED) is 0.853. The topological polar surface area (TPSA) is 104 Å². The van der Waals surface area contributed by atoms with Crippen LogP contribution in [0.2, 0.25) is 0 Å². The lowest BCUT2D eigenvalue weighted by atomic mass is 10.3. The van der Waals surface area contributed by atoms with Crippen LogP contribution < -0.4 is 16.2 Å². The monoisotopic (exact) mass is 278 g/mol. The van der Waals surface area contributed by atoms with Gasteiger partial charge in [0.2, 0.25) is 5.88 Å². The van der Waals surface area contributed by atoms with E-state index in [-0.39, 0.29) is 11.6 Å². The Kier molecular flexibility index (Phi) is 3.96. The molecule has 0 unspecified atom stereocenters. The molecule has 0 aliphatic heterocycles. The Balaban J connectivity index is 2.01. The molecule has 0 aromatic carbocycles. The van der Waals surface area contributed by atoms with E-state index in [0.29, 0.717) is 12.3 Å². The summed E-state index contributed by atoms with van der Waals surface area (Å²) in [4.78, 5) is 20.3. The maximum atomic E-state index is 11.0. The summed E-state index contributed by atoms with van der Waals surface area (Å²) in [5.41, 5.74) is 14.2. The summed E-state index contributed by atoms with van der Waals surface area (Å²) < 4.78 is 5.49. The van der Waals surface area contributed by atoms with Crippen molar-refractivity contribution in [3.63, 3.8) is 0 Å². The van der Waals surface area contributed by atoms with Crippen molar-refractivity contribution in [3.8, 4) is 5.88 Å². The van der Waals surface area contributed by atoms with Gasteiger partial charge >= 0.3 is 0 Å². The highest BCUT2D eigenvalue weighted by Gasteiger charge is 2.09. The standard InChI is InChI=1S/C12H14N4O2S/c1-7-10(19-6-15-7)4-5-18-12-8(13)2-3-9(16-12)11(14)17/h2-3,6H,4-5,13H2,1H3,(H2,14,17). The molecule has 2 rings (SSSR count). The lowest BCUT2D eigenvalue weighted by molar-refractivity contribution is 0.0994. The molecule has 7 heteroatoms. The predicted molar refractivity (Wildman–Crippen MR) is 73.2 cm³/mol. The molecule has 0 atom stereocenters. The van der Waals surface area contributed by atoms with Gasteiger partial charge in [0, 0.05) is 11.3 Å². The first-order valence-electron chi connectivity index (χ1n) is 5.66. The Morgan fingerprint density at radius 1 is 1.47 bits per heavy atom. The summed E-state index contributed by atoms with van der Waals surface area (Å²) >= 11 is 1.58. The second-order valence-electron chi connectivity index (χ2n) is 3.91. The molecule has 19 heavy (non-hydrogen) atoms. The summed E-state index contributed by atoms with van der Waals surface area (Å²) in [6, 6.07) is 3.03. The predicted octanol–water partition coefficient (Wildman–Crippen LogP) is 1.15. The lowest BCUT2D eigenvalue weighted by Crippen LogP contribution is -2.14. The summed E-state index contributed by atoms with van der Waals surface area (Å²) in [6.45, 7) is 2.37. The summed E-state index contributed by atoms with van der Waals surface area (Å²) in [6.07, 6.45) is 0.721. The Morgan fingerprint density at radius 2 is 2.26 bits per heavy atom. The molecule has 2 aromatic heterocycles. The molecule has 100 valence electrons. The molecular formula is C12H14N4O2S. The van der Waals surface area contributed by atoms with Crippen LogP contribution in [0.4, 0.5) is 5.69 Å². The first-order valence-corrected chi connectivity index (χ1v) is 6.54. The van der Waals surface area contributed by atoms with E-state index in [0.717, 1.165) is 17.0 Å². The largest absolute Gasteiger partial charge is 0.476 e. The Labute approximate surface area is 114 Å². The molecule has 0 spiro atoms. The number of hydrogen-bond acceptors (Lipinski definition) is 6. The van der Waals surface area contributed by atoms with Crippen molar-refractivity contribution in [2.24, 2.45) is 5.73 Å². The summed E-state index contributed by atoms with van der Waals surface area (Å²) in [5, 5.41) is 0. The lowest BCUT2D eigenvalue weighted by Gasteiger charge is -2.08. The number of nitrogens with zero attached hydrogens (tertiary/aromatic N) is 2. The molecule has 0 radical (unpaired) electrons. The van der Waals surface area contributed by atoms with E-state index in [1.54, 1.807) is 22.9 Å². The number of ether oxygens (including phenoxy) is 1. The van der Waals surface area contributed by atoms with Gasteiger partial charge in [-0.3, -0.25) is 4.79 Å². The molecule has 0 fully saturated rings. The number of nitrogen functional groups attached to an aromatic ring is 1. The van der Waals surface area contributed by atoms with Crippen LogP contribution in [-0.4, -0.2) is 22.5 Å². The number of primary amides is 1. The van der Waals surface area contributed by atoms with Crippen molar-refractivity contribution in [2.75, 3.05) is 12.3 Å². The van der Waals surface area contributed by atoms with Gasteiger partial charge < -0.3 is 16.2 Å². The van der Waals surface area contributed by atoms with E-state index in [2.05, 4.69) is 9.97 Å². The third-order valence-electron chi connectivity index (χ3n) is 2.55. The van der Waals surface area contributed by atoms with Crippen LogP contribution >= 0.6 is 11.3 Å². The van der Waals surface area contributed by atoms with Crippen molar-refractivity contribution < 1.29 is 9.53 Å². The fraction of sp³-hybridized carbons (Fsp3) is 0.250. The van der Waals surface area contributed by atoms with Gasteiger partial charge in [-0.15, -0.1) is 11.3 Å². The van der Waals surface area contributed by atoms with Crippen molar-refractivity contribution in [1.82, 2.24) is 9.97 Å². The van der Waals surface area contributed by atoms with Gasteiger partial charge in [0.15, 0.2) is 0 Å². The van der Waals surface area contributed by atoms with Gasteiger partial charge in [-0.2, -0.15) is 0 Å². The minimum absolute atomic E-state index is 0.137. The number of nitrogens with two attached hydrogens (primary N) is 2. The smallest absolute Gasteiger partial charge is 0.267 e. The molecule has 0 aliphatic carbocycles. The van der Waals surface area contributed by atoms with E-state index in [1.807, 2.05) is 6.92 Å². The van der Waals surface area contributed by atoms with Crippen LogP contribution in [-0.2, 0) is 6.42 Å². The maximum absolute atomic E-state index is 11.0. The number of amides is 1. The highest BCUT2D eigenvalue weighted by Crippen LogP contribution is 2.19. The van der Waals surface area contributed by atoms with Gasteiger partial charge in [0.1, 0.15) is 5.69 Å². The van der Waals surface area contributed by atoms with Crippen LogP contribution in [0, 0.1) is 6.92 Å². The molecule has 0 saturated carbocycles. The first-order chi connectivity index (χ1) is 9.08. The van der Waals surface area contributed by atoms with Gasteiger partial charge in [-0.25, -0.2) is 9.97 Å². The van der Waals surface area contributed by atoms with Crippen LogP contribution in [0.25, 0.3) is 0 Å². The Morgan fingerprint density at radius 3 is 2.89 bits per heavy atom. The average Bonchev–Trinajstić information content (AvgIpc) is 2.77. The van der Waals surface area contributed by atoms with E-state index in [4.69, 9.17) is 16.2 Å². The van der Waals surface area contributed by atoms with E-state index >= 15 is 0 Å².